The maximum absolute atomic E-state index is 5.89. The molecule has 0 bridgehead atoms. The normalized spacial score (nSPS) is 14.0. The van der Waals surface area contributed by atoms with Gasteiger partial charge in [-0.1, -0.05) is 32.0 Å². The first-order valence-electron chi connectivity index (χ1n) is 7.48. The molecular formula is C16H26IN3O. The number of nitrogens with one attached hydrogen (secondary N) is 2. The second kappa shape index (κ2) is 9.87. The quantitative estimate of drug-likeness (QED) is 0.718. The number of rotatable bonds is 6. The second-order valence-corrected chi connectivity index (χ2v) is 5.50. The van der Waals surface area contributed by atoms with Gasteiger partial charge in [-0.3, -0.25) is 4.99 Å². The molecule has 118 valence electrons. The molecule has 2 N–H and O–H groups in total. The van der Waals surface area contributed by atoms with Gasteiger partial charge in [-0.25, -0.2) is 0 Å². The lowest BCUT2D eigenvalue weighted by molar-refractivity contribution is 0.286. The molecule has 21 heavy (non-hydrogen) atoms. The van der Waals surface area contributed by atoms with Gasteiger partial charge < -0.3 is 15.4 Å². The molecule has 0 saturated heterocycles. The number of nitrogens with zero attached hydrogens (tertiary/aromatic N) is 1. The van der Waals surface area contributed by atoms with E-state index in [0.29, 0.717) is 5.92 Å². The van der Waals surface area contributed by atoms with Crippen LogP contribution >= 0.6 is 24.0 Å². The van der Waals surface area contributed by atoms with Crippen molar-refractivity contribution < 1.29 is 4.74 Å². The average Bonchev–Trinajstić information content (AvgIpc) is 2.47. The fraction of sp³-hybridized carbons (Fsp3) is 0.562. The third-order valence-electron chi connectivity index (χ3n) is 3.27. The smallest absolute Gasteiger partial charge is 0.191 e. The summed E-state index contributed by atoms with van der Waals surface area (Å²) in [5.41, 5.74) is 1.17. The Labute approximate surface area is 144 Å². The molecule has 5 heteroatoms. The van der Waals surface area contributed by atoms with Crippen molar-refractivity contribution in [2.45, 2.75) is 33.2 Å². The number of para-hydroxylation sites is 1. The Kier molecular flexibility index (Phi) is 8.49. The first-order chi connectivity index (χ1) is 9.75. The van der Waals surface area contributed by atoms with E-state index in [1.54, 1.807) is 0 Å². The van der Waals surface area contributed by atoms with Crippen LogP contribution in [0.25, 0.3) is 0 Å². The molecular weight excluding hydrogens is 377 g/mol. The van der Waals surface area contributed by atoms with Crippen LogP contribution in [0.3, 0.4) is 0 Å². The molecule has 2 rings (SSSR count). The van der Waals surface area contributed by atoms with E-state index < -0.39 is 0 Å². The number of halogens is 1. The van der Waals surface area contributed by atoms with Crippen LogP contribution in [0.1, 0.15) is 32.3 Å². The van der Waals surface area contributed by atoms with E-state index >= 15 is 0 Å². The minimum atomic E-state index is 0. The zero-order chi connectivity index (χ0) is 14.2. The van der Waals surface area contributed by atoms with Gasteiger partial charge in [0.25, 0.3) is 0 Å². The number of hydrogen-bond donors (Lipinski definition) is 2. The number of aliphatic imine (C=N–C) groups is 1. The summed E-state index contributed by atoms with van der Waals surface area (Å²) in [5.74, 6) is 2.53. The van der Waals surface area contributed by atoms with Gasteiger partial charge in [-0.15, -0.1) is 24.0 Å². The molecule has 0 amide bonds. The number of ether oxygens (including phenoxy) is 1. The van der Waals surface area contributed by atoms with Gasteiger partial charge in [0.2, 0.25) is 0 Å². The van der Waals surface area contributed by atoms with Crippen LogP contribution in [0.15, 0.2) is 29.3 Å². The van der Waals surface area contributed by atoms with Crippen molar-refractivity contribution >= 4 is 29.9 Å². The lowest BCUT2D eigenvalue weighted by Crippen LogP contribution is -2.40. The number of guanidine groups is 1. The highest BCUT2D eigenvalue weighted by Crippen LogP contribution is 2.18. The van der Waals surface area contributed by atoms with Crippen LogP contribution in [-0.4, -0.2) is 25.7 Å². The van der Waals surface area contributed by atoms with E-state index in [4.69, 9.17) is 4.74 Å². The van der Waals surface area contributed by atoms with E-state index in [9.17, 15) is 0 Å². The maximum Gasteiger partial charge on any atom is 0.191 e. The predicted octanol–water partition coefficient (Wildman–Crippen LogP) is 3.17. The number of hydrogen-bond acceptors (Lipinski definition) is 4. The Morgan fingerprint density at radius 3 is 2.86 bits per heavy atom. The maximum atomic E-state index is 5.89. The topological polar surface area (TPSA) is 45.6 Å². The van der Waals surface area contributed by atoms with Crippen molar-refractivity contribution in [1.29, 1.82) is 0 Å². The Bertz CT molecular complexity index is 449. The van der Waals surface area contributed by atoms with Gasteiger partial charge in [0.15, 0.2) is 5.96 Å². The summed E-state index contributed by atoms with van der Waals surface area (Å²) in [4.78, 5) is 4.41. The lowest BCUT2D eigenvalue weighted by Gasteiger charge is -2.17. The highest BCUT2D eigenvalue weighted by molar-refractivity contribution is 14.0. The summed E-state index contributed by atoms with van der Waals surface area (Å²) < 4.78 is 5.89. The van der Waals surface area contributed by atoms with Crippen LogP contribution in [0.5, 0.6) is 5.75 Å². The molecule has 0 radical (unpaired) electrons. The van der Waals surface area contributed by atoms with Gasteiger partial charge in [-0.05, 0) is 24.8 Å². The third kappa shape index (κ3) is 6.54. The summed E-state index contributed by atoms with van der Waals surface area (Å²) in [6, 6.07) is 8.20. The van der Waals surface area contributed by atoms with E-state index in [1.807, 2.05) is 18.2 Å². The molecule has 1 heterocycles. The highest BCUT2D eigenvalue weighted by Gasteiger charge is 2.06. The second-order valence-electron chi connectivity index (χ2n) is 5.50. The molecule has 1 aliphatic rings. The van der Waals surface area contributed by atoms with E-state index in [2.05, 4.69) is 35.5 Å². The van der Waals surface area contributed by atoms with Gasteiger partial charge in [-0.2, -0.15) is 0 Å². The fourth-order valence-electron chi connectivity index (χ4n) is 2.03. The molecule has 1 aromatic carbocycles. The van der Waals surface area contributed by atoms with Crippen molar-refractivity contribution in [3.8, 4) is 5.75 Å². The van der Waals surface area contributed by atoms with Gasteiger partial charge in [0.1, 0.15) is 5.75 Å². The van der Waals surface area contributed by atoms with Crippen molar-refractivity contribution in [2.75, 3.05) is 19.7 Å². The number of benzene rings is 1. The first-order valence-corrected chi connectivity index (χ1v) is 7.48. The van der Waals surface area contributed by atoms with Crippen LogP contribution in [0, 0.1) is 5.92 Å². The van der Waals surface area contributed by atoms with Crippen LogP contribution in [-0.2, 0) is 6.54 Å². The predicted molar refractivity (Wildman–Crippen MR) is 98.6 cm³/mol. The third-order valence-corrected chi connectivity index (χ3v) is 3.27. The van der Waals surface area contributed by atoms with Crippen molar-refractivity contribution in [3.05, 3.63) is 29.8 Å². The molecule has 0 aliphatic carbocycles. The average molecular weight is 403 g/mol. The zero-order valence-corrected chi connectivity index (χ0v) is 15.2. The molecule has 1 aliphatic heterocycles. The van der Waals surface area contributed by atoms with Gasteiger partial charge >= 0.3 is 0 Å². The molecule has 1 aromatic rings. The Morgan fingerprint density at radius 1 is 1.33 bits per heavy atom. The Morgan fingerprint density at radius 2 is 2.14 bits per heavy atom. The minimum Gasteiger partial charge on any atom is -0.493 e. The Balaban J connectivity index is 0.00000220. The largest absolute Gasteiger partial charge is 0.493 e. The molecule has 0 unspecified atom stereocenters. The summed E-state index contributed by atoms with van der Waals surface area (Å²) in [6.07, 6.45) is 2.19. The summed E-state index contributed by atoms with van der Waals surface area (Å²) >= 11 is 0. The van der Waals surface area contributed by atoms with Crippen LogP contribution in [0.4, 0.5) is 0 Å². The molecule has 0 spiro atoms. The van der Waals surface area contributed by atoms with Gasteiger partial charge in [0, 0.05) is 25.2 Å². The Hall–Kier alpha value is -0.980. The van der Waals surface area contributed by atoms with Crippen LogP contribution < -0.4 is 15.4 Å². The summed E-state index contributed by atoms with van der Waals surface area (Å²) in [6.45, 7) is 7.84. The zero-order valence-electron chi connectivity index (χ0n) is 12.9. The van der Waals surface area contributed by atoms with Crippen molar-refractivity contribution in [1.82, 2.24) is 10.6 Å². The first kappa shape index (κ1) is 18.1. The van der Waals surface area contributed by atoms with Crippen molar-refractivity contribution in [3.63, 3.8) is 0 Å². The summed E-state index contributed by atoms with van der Waals surface area (Å²) in [7, 11) is 0. The highest BCUT2D eigenvalue weighted by atomic mass is 127. The van der Waals surface area contributed by atoms with Gasteiger partial charge in [0.05, 0.1) is 6.61 Å². The molecule has 0 fully saturated rings. The van der Waals surface area contributed by atoms with Crippen molar-refractivity contribution in [2.24, 2.45) is 10.9 Å². The molecule has 0 aromatic heterocycles. The van der Waals surface area contributed by atoms with E-state index in [-0.39, 0.29) is 24.0 Å². The monoisotopic (exact) mass is 403 g/mol. The molecule has 0 saturated carbocycles. The SMILES string of the molecule is CC(C)CCOc1ccccc1CNC1=NCCCN1.I. The van der Waals surface area contributed by atoms with Crippen LogP contribution in [0.2, 0.25) is 0 Å². The standard InChI is InChI=1S/C16H25N3O.HI/c1-13(2)8-11-20-15-7-4-3-6-14(15)12-19-16-17-9-5-10-18-16;/h3-4,6-7,13H,5,8-12H2,1-2H3,(H2,17,18,19);1H. The lowest BCUT2D eigenvalue weighted by atomic mass is 10.1. The minimum absolute atomic E-state index is 0. The molecule has 4 nitrogen and oxygen atoms in total. The molecule has 0 atom stereocenters. The fourth-order valence-corrected chi connectivity index (χ4v) is 2.03. The van der Waals surface area contributed by atoms with E-state index in [0.717, 1.165) is 50.8 Å². The van der Waals surface area contributed by atoms with E-state index in [1.165, 1.54) is 5.56 Å². The summed E-state index contributed by atoms with van der Waals surface area (Å²) in [5, 5.41) is 6.60.